The zero-order valence-corrected chi connectivity index (χ0v) is 9.42. The predicted molar refractivity (Wildman–Crippen MR) is 59.5 cm³/mol. The van der Waals surface area contributed by atoms with Crippen molar-refractivity contribution in [2.24, 2.45) is 11.8 Å². The van der Waals surface area contributed by atoms with E-state index in [9.17, 15) is 4.79 Å². The molecular weight excluding hydrogens is 206 g/mol. The number of hydrogen-bond donors (Lipinski definition) is 1. The molecule has 2 heterocycles. The summed E-state index contributed by atoms with van der Waals surface area (Å²) < 4.78 is 0. The normalized spacial score (nSPS) is 24.8. The number of carboxylic acid groups (broad SMARTS) is 1. The minimum atomic E-state index is -0.947. The van der Waals surface area contributed by atoms with Crippen molar-refractivity contribution in [3.8, 4) is 0 Å². The van der Waals surface area contributed by atoms with Gasteiger partial charge in [-0.3, -0.25) is 0 Å². The molecule has 86 valence electrons. The van der Waals surface area contributed by atoms with E-state index in [0.29, 0.717) is 17.7 Å². The lowest BCUT2D eigenvalue weighted by Crippen LogP contribution is -2.23. The van der Waals surface area contributed by atoms with Crippen LogP contribution in [0.2, 0.25) is 0 Å². The fourth-order valence-corrected chi connectivity index (χ4v) is 2.03. The molecule has 0 saturated carbocycles. The number of carboxylic acids is 1. The highest BCUT2D eigenvalue weighted by molar-refractivity contribution is 5.93. The van der Waals surface area contributed by atoms with Crippen LogP contribution in [0.1, 0.15) is 24.2 Å². The number of aromatic nitrogens is 2. The molecule has 1 aliphatic heterocycles. The van der Waals surface area contributed by atoms with E-state index in [4.69, 9.17) is 5.11 Å². The summed E-state index contributed by atoms with van der Waals surface area (Å²) in [4.78, 5) is 13.1. The van der Waals surface area contributed by atoms with E-state index < -0.39 is 5.97 Å². The van der Waals surface area contributed by atoms with Crippen LogP contribution >= 0.6 is 0 Å². The SMILES string of the molecule is CC1CN(c2nnccc2C(=O)O)CC1C. The molecule has 2 unspecified atom stereocenters. The molecule has 2 rings (SSSR count). The second kappa shape index (κ2) is 4.08. The first-order chi connectivity index (χ1) is 7.59. The number of hydrogen-bond acceptors (Lipinski definition) is 4. The van der Waals surface area contributed by atoms with E-state index in [0.717, 1.165) is 13.1 Å². The van der Waals surface area contributed by atoms with Crippen LogP contribution in [0.15, 0.2) is 12.3 Å². The summed E-state index contributed by atoms with van der Waals surface area (Å²) in [6, 6.07) is 1.50. The fraction of sp³-hybridized carbons (Fsp3) is 0.545. The van der Waals surface area contributed by atoms with Crippen molar-refractivity contribution in [3.05, 3.63) is 17.8 Å². The van der Waals surface area contributed by atoms with Gasteiger partial charge in [0.25, 0.3) is 0 Å². The van der Waals surface area contributed by atoms with Gasteiger partial charge in [0.2, 0.25) is 0 Å². The molecule has 0 radical (unpaired) electrons. The minimum Gasteiger partial charge on any atom is -0.478 e. The van der Waals surface area contributed by atoms with Crippen molar-refractivity contribution >= 4 is 11.8 Å². The fourth-order valence-electron chi connectivity index (χ4n) is 2.03. The zero-order chi connectivity index (χ0) is 11.7. The van der Waals surface area contributed by atoms with Crippen LogP contribution in [0.5, 0.6) is 0 Å². The van der Waals surface area contributed by atoms with Gasteiger partial charge in [-0.05, 0) is 17.9 Å². The molecule has 5 nitrogen and oxygen atoms in total. The third-order valence-electron chi connectivity index (χ3n) is 3.22. The van der Waals surface area contributed by atoms with Gasteiger partial charge < -0.3 is 10.0 Å². The summed E-state index contributed by atoms with van der Waals surface area (Å²) in [5, 5.41) is 16.8. The smallest absolute Gasteiger partial charge is 0.339 e. The van der Waals surface area contributed by atoms with Gasteiger partial charge in [-0.15, -0.1) is 5.10 Å². The molecule has 1 aromatic rings. The van der Waals surface area contributed by atoms with Crippen LogP contribution in [0.3, 0.4) is 0 Å². The maximum absolute atomic E-state index is 11.0. The van der Waals surface area contributed by atoms with Gasteiger partial charge in [-0.2, -0.15) is 5.10 Å². The summed E-state index contributed by atoms with van der Waals surface area (Å²) in [6.45, 7) is 6.03. The molecule has 1 aliphatic rings. The molecule has 0 bridgehead atoms. The summed E-state index contributed by atoms with van der Waals surface area (Å²) >= 11 is 0. The third kappa shape index (κ3) is 1.85. The second-order valence-electron chi connectivity index (χ2n) is 4.43. The summed E-state index contributed by atoms with van der Waals surface area (Å²) in [6.07, 6.45) is 1.41. The quantitative estimate of drug-likeness (QED) is 0.814. The highest BCUT2D eigenvalue weighted by Crippen LogP contribution is 2.27. The van der Waals surface area contributed by atoms with E-state index in [1.807, 2.05) is 4.90 Å². The Bertz CT molecular complexity index is 398. The number of carbonyl (C=O) groups is 1. The lowest BCUT2D eigenvalue weighted by Gasteiger charge is -2.17. The van der Waals surface area contributed by atoms with E-state index in [-0.39, 0.29) is 5.56 Å². The van der Waals surface area contributed by atoms with Crippen molar-refractivity contribution in [2.45, 2.75) is 13.8 Å². The molecule has 5 heteroatoms. The van der Waals surface area contributed by atoms with Crippen LogP contribution in [-0.2, 0) is 0 Å². The molecule has 16 heavy (non-hydrogen) atoms. The first-order valence-corrected chi connectivity index (χ1v) is 5.39. The molecular formula is C11H15N3O2. The summed E-state index contributed by atoms with van der Waals surface area (Å²) in [5.74, 6) is 0.663. The molecule has 0 aromatic carbocycles. The minimum absolute atomic E-state index is 0.233. The molecule has 0 spiro atoms. The monoisotopic (exact) mass is 221 g/mol. The number of nitrogens with zero attached hydrogens (tertiary/aromatic N) is 3. The van der Waals surface area contributed by atoms with Crippen LogP contribution in [-0.4, -0.2) is 34.4 Å². The van der Waals surface area contributed by atoms with Crippen LogP contribution in [0.25, 0.3) is 0 Å². The second-order valence-corrected chi connectivity index (χ2v) is 4.43. The Kier molecular flexibility index (Phi) is 2.77. The third-order valence-corrected chi connectivity index (χ3v) is 3.22. The molecule has 1 aromatic heterocycles. The predicted octanol–water partition coefficient (Wildman–Crippen LogP) is 1.27. The Hall–Kier alpha value is -1.65. The van der Waals surface area contributed by atoms with Crippen LogP contribution < -0.4 is 4.90 Å². The Morgan fingerprint density at radius 2 is 2.06 bits per heavy atom. The average molecular weight is 221 g/mol. The molecule has 1 N–H and O–H groups in total. The Labute approximate surface area is 94.1 Å². The molecule has 1 saturated heterocycles. The molecule has 0 aliphatic carbocycles. The standard InChI is InChI=1S/C11H15N3O2/c1-7-5-14(6-8(7)2)10-9(11(15)16)3-4-12-13-10/h3-4,7-8H,5-6H2,1-2H3,(H,15,16). The summed E-state index contributed by atoms with van der Waals surface area (Å²) in [5.41, 5.74) is 0.233. The average Bonchev–Trinajstić information content (AvgIpc) is 2.59. The van der Waals surface area contributed by atoms with Crippen molar-refractivity contribution < 1.29 is 9.90 Å². The molecule has 0 amide bonds. The summed E-state index contributed by atoms with van der Waals surface area (Å²) in [7, 11) is 0. The number of anilines is 1. The van der Waals surface area contributed by atoms with Crippen molar-refractivity contribution in [2.75, 3.05) is 18.0 Å². The van der Waals surface area contributed by atoms with Crippen LogP contribution in [0.4, 0.5) is 5.82 Å². The lowest BCUT2D eigenvalue weighted by molar-refractivity contribution is 0.0697. The maximum atomic E-state index is 11.0. The van der Waals surface area contributed by atoms with Crippen molar-refractivity contribution in [1.29, 1.82) is 0 Å². The van der Waals surface area contributed by atoms with Gasteiger partial charge in [0.1, 0.15) is 5.56 Å². The van der Waals surface area contributed by atoms with Gasteiger partial charge in [0.05, 0.1) is 6.20 Å². The first kappa shape index (κ1) is 10.9. The van der Waals surface area contributed by atoms with Gasteiger partial charge in [-0.25, -0.2) is 4.79 Å². The van der Waals surface area contributed by atoms with E-state index in [1.54, 1.807) is 0 Å². The van der Waals surface area contributed by atoms with Crippen LogP contribution in [0, 0.1) is 11.8 Å². The van der Waals surface area contributed by atoms with Crippen molar-refractivity contribution in [1.82, 2.24) is 10.2 Å². The lowest BCUT2D eigenvalue weighted by atomic mass is 10.0. The largest absolute Gasteiger partial charge is 0.478 e. The number of aromatic carboxylic acids is 1. The van der Waals surface area contributed by atoms with E-state index in [1.165, 1.54) is 12.3 Å². The molecule has 1 fully saturated rings. The number of rotatable bonds is 2. The molecule has 2 atom stereocenters. The van der Waals surface area contributed by atoms with Gasteiger partial charge in [-0.1, -0.05) is 13.8 Å². The van der Waals surface area contributed by atoms with E-state index in [2.05, 4.69) is 24.0 Å². The van der Waals surface area contributed by atoms with Gasteiger partial charge in [0.15, 0.2) is 5.82 Å². The Morgan fingerprint density at radius 3 is 2.62 bits per heavy atom. The Morgan fingerprint density at radius 1 is 1.44 bits per heavy atom. The maximum Gasteiger partial charge on any atom is 0.339 e. The van der Waals surface area contributed by atoms with Gasteiger partial charge >= 0.3 is 5.97 Å². The highest BCUT2D eigenvalue weighted by Gasteiger charge is 2.29. The highest BCUT2D eigenvalue weighted by atomic mass is 16.4. The van der Waals surface area contributed by atoms with Gasteiger partial charge in [0, 0.05) is 13.1 Å². The van der Waals surface area contributed by atoms with Crippen molar-refractivity contribution in [3.63, 3.8) is 0 Å². The Balaban J connectivity index is 2.31. The van der Waals surface area contributed by atoms with E-state index >= 15 is 0 Å². The topological polar surface area (TPSA) is 66.3 Å². The zero-order valence-electron chi connectivity index (χ0n) is 9.42. The first-order valence-electron chi connectivity index (χ1n) is 5.39.